The molecule has 1 saturated carbocycles. The van der Waals surface area contributed by atoms with E-state index in [1.54, 1.807) is 0 Å². The van der Waals surface area contributed by atoms with Gasteiger partial charge in [0.15, 0.2) is 5.76 Å². The molecule has 1 spiro atoms. The maximum absolute atomic E-state index is 12.8. The van der Waals surface area contributed by atoms with Gasteiger partial charge in [0.2, 0.25) is 10.0 Å². The Morgan fingerprint density at radius 2 is 2.00 bits per heavy atom. The number of amides is 1. The van der Waals surface area contributed by atoms with Crippen molar-refractivity contribution >= 4 is 15.9 Å². The summed E-state index contributed by atoms with van der Waals surface area (Å²) in [6, 6.07) is 1.45. The molecule has 3 rings (SSSR count). The molecule has 0 aromatic carbocycles. The van der Waals surface area contributed by atoms with Gasteiger partial charge in [0.25, 0.3) is 5.91 Å². The van der Waals surface area contributed by atoms with Gasteiger partial charge in [-0.2, -0.15) is 0 Å². The van der Waals surface area contributed by atoms with Crippen LogP contribution in [0.2, 0.25) is 0 Å². The molecule has 1 aromatic rings. The zero-order valence-corrected chi connectivity index (χ0v) is 14.6. The molecular formula is C16H24N2O4S. The molecule has 2 aliphatic rings. The Kier molecular flexibility index (Phi) is 3.84. The smallest absolute Gasteiger partial charge is 0.289 e. The highest BCUT2D eigenvalue weighted by atomic mass is 32.2. The van der Waals surface area contributed by atoms with E-state index in [0.29, 0.717) is 5.92 Å². The summed E-state index contributed by atoms with van der Waals surface area (Å²) in [5.74, 6) is 0.344. The van der Waals surface area contributed by atoms with Crippen LogP contribution in [0.4, 0.5) is 0 Å². The molecule has 2 heterocycles. The van der Waals surface area contributed by atoms with Crippen LogP contribution in [0.25, 0.3) is 0 Å². The van der Waals surface area contributed by atoms with Gasteiger partial charge in [-0.3, -0.25) is 4.79 Å². The summed E-state index contributed by atoms with van der Waals surface area (Å²) in [7, 11) is -3.88. The van der Waals surface area contributed by atoms with Gasteiger partial charge in [0.1, 0.15) is 10.7 Å². The molecule has 1 atom stereocenters. The van der Waals surface area contributed by atoms with E-state index >= 15 is 0 Å². The monoisotopic (exact) mass is 340 g/mol. The van der Waals surface area contributed by atoms with Crippen LogP contribution in [0, 0.1) is 18.3 Å². The van der Waals surface area contributed by atoms with Crippen molar-refractivity contribution < 1.29 is 17.6 Å². The third kappa shape index (κ3) is 2.59. The number of carbonyl (C=O) groups is 1. The van der Waals surface area contributed by atoms with E-state index in [1.165, 1.54) is 38.7 Å². The SMILES string of the molecule is Cc1oc(C(=O)N2CC3(CCCC3)C2C(C)C)cc1S(N)(=O)=O. The molecule has 2 N–H and O–H groups in total. The van der Waals surface area contributed by atoms with Crippen LogP contribution in [0.15, 0.2) is 15.4 Å². The van der Waals surface area contributed by atoms with E-state index in [2.05, 4.69) is 13.8 Å². The lowest BCUT2D eigenvalue weighted by atomic mass is 9.66. The number of rotatable bonds is 3. The highest BCUT2D eigenvalue weighted by molar-refractivity contribution is 7.89. The van der Waals surface area contributed by atoms with E-state index in [-0.39, 0.29) is 33.8 Å². The van der Waals surface area contributed by atoms with Gasteiger partial charge < -0.3 is 9.32 Å². The predicted molar refractivity (Wildman–Crippen MR) is 85.4 cm³/mol. The maximum Gasteiger partial charge on any atom is 0.289 e. The second kappa shape index (κ2) is 5.34. The van der Waals surface area contributed by atoms with Crippen LogP contribution in [0.3, 0.4) is 0 Å². The number of aryl methyl sites for hydroxylation is 1. The van der Waals surface area contributed by atoms with Crippen molar-refractivity contribution in [2.24, 2.45) is 16.5 Å². The first-order valence-electron chi connectivity index (χ1n) is 8.10. The Labute approximate surface area is 137 Å². The lowest BCUT2D eigenvalue weighted by molar-refractivity contribution is -0.0714. The van der Waals surface area contributed by atoms with Gasteiger partial charge >= 0.3 is 0 Å². The quantitative estimate of drug-likeness (QED) is 0.913. The molecule has 0 bridgehead atoms. The molecule has 6 nitrogen and oxygen atoms in total. The molecule has 1 aromatic heterocycles. The van der Waals surface area contributed by atoms with Crippen molar-refractivity contribution in [1.82, 2.24) is 4.90 Å². The van der Waals surface area contributed by atoms with Crippen molar-refractivity contribution in [3.8, 4) is 0 Å². The van der Waals surface area contributed by atoms with E-state index in [0.717, 1.165) is 6.54 Å². The van der Waals surface area contributed by atoms with E-state index in [1.807, 2.05) is 4.90 Å². The lowest BCUT2D eigenvalue weighted by Crippen LogP contribution is -2.67. The minimum absolute atomic E-state index is 0.0602. The van der Waals surface area contributed by atoms with Crippen LogP contribution in [-0.2, 0) is 10.0 Å². The Morgan fingerprint density at radius 3 is 2.48 bits per heavy atom. The van der Waals surface area contributed by atoms with Gasteiger partial charge in [-0.05, 0) is 25.7 Å². The fourth-order valence-electron chi connectivity index (χ4n) is 4.54. The van der Waals surface area contributed by atoms with E-state index in [9.17, 15) is 13.2 Å². The average molecular weight is 340 g/mol. The number of hydrogen-bond acceptors (Lipinski definition) is 4. The molecule has 7 heteroatoms. The van der Waals surface area contributed by atoms with E-state index in [4.69, 9.17) is 9.56 Å². The number of sulfonamides is 1. The first kappa shape index (κ1) is 16.5. The van der Waals surface area contributed by atoms with Gasteiger partial charge in [-0.1, -0.05) is 26.7 Å². The highest BCUT2D eigenvalue weighted by Gasteiger charge is 2.56. The summed E-state index contributed by atoms with van der Waals surface area (Å²) >= 11 is 0. The molecule has 1 amide bonds. The van der Waals surface area contributed by atoms with Gasteiger partial charge in [-0.25, -0.2) is 13.6 Å². The van der Waals surface area contributed by atoms with Gasteiger partial charge in [0, 0.05) is 24.1 Å². The van der Waals surface area contributed by atoms with Crippen molar-refractivity contribution in [3.63, 3.8) is 0 Å². The Hall–Kier alpha value is -1.34. The second-order valence-corrected chi connectivity index (χ2v) is 8.80. The normalized spacial score (nSPS) is 23.5. The number of primary sulfonamides is 1. The summed E-state index contributed by atoms with van der Waals surface area (Å²) < 4.78 is 28.4. The minimum atomic E-state index is -3.88. The number of furan rings is 1. The third-order valence-corrected chi connectivity index (χ3v) is 6.35. The molecule has 1 aliphatic carbocycles. The number of hydrogen-bond donors (Lipinski definition) is 1. The topological polar surface area (TPSA) is 93.6 Å². The number of nitrogens with two attached hydrogens (primary N) is 1. The standard InChI is InChI=1S/C16H24N2O4S/c1-10(2)14-16(6-4-5-7-16)9-18(14)15(19)12-8-13(11(3)22-12)23(17,20)21/h8,10,14H,4-7,9H2,1-3H3,(H2,17,20,21). The number of likely N-dealkylation sites (tertiary alicyclic amines) is 1. The number of carbonyl (C=O) groups excluding carboxylic acids is 1. The summed E-state index contributed by atoms with van der Waals surface area (Å²) in [5, 5.41) is 5.15. The van der Waals surface area contributed by atoms with Crippen molar-refractivity contribution in [2.75, 3.05) is 6.54 Å². The summed E-state index contributed by atoms with van der Waals surface area (Å²) in [5.41, 5.74) is 0.244. The molecule has 2 fully saturated rings. The summed E-state index contributed by atoms with van der Waals surface area (Å²) in [6.45, 7) is 6.50. The molecule has 1 saturated heterocycles. The molecule has 1 aliphatic heterocycles. The molecule has 128 valence electrons. The molecule has 1 unspecified atom stereocenters. The van der Waals surface area contributed by atoms with Gasteiger partial charge in [-0.15, -0.1) is 0 Å². The van der Waals surface area contributed by atoms with Crippen LogP contribution in [-0.4, -0.2) is 31.8 Å². The molecule has 0 radical (unpaired) electrons. The lowest BCUT2D eigenvalue weighted by Gasteiger charge is -2.58. The minimum Gasteiger partial charge on any atom is -0.455 e. The zero-order valence-electron chi connectivity index (χ0n) is 13.8. The fraction of sp³-hybridized carbons (Fsp3) is 0.688. The Morgan fingerprint density at radius 1 is 1.39 bits per heavy atom. The molecule has 23 heavy (non-hydrogen) atoms. The van der Waals surface area contributed by atoms with Crippen molar-refractivity contribution in [3.05, 3.63) is 17.6 Å². The molecular weight excluding hydrogens is 316 g/mol. The van der Waals surface area contributed by atoms with Crippen LogP contribution < -0.4 is 5.14 Å². The Bertz CT molecular complexity index is 729. The first-order valence-corrected chi connectivity index (χ1v) is 9.64. The van der Waals surface area contributed by atoms with Crippen molar-refractivity contribution in [2.45, 2.75) is 57.4 Å². The average Bonchev–Trinajstić information content (AvgIpc) is 3.01. The Balaban J connectivity index is 1.87. The van der Waals surface area contributed by atoms with Crippen molar-refractivity contribution in [1.29, 1.82) is 0 Å². The predicted octanol–water partition coefficient (Wildman–Crippen LogP) is 2.28. The van der Waals surface area contributed by atoms with Crippen LogP contribution in [0.5, 0.6) is 0 Å². The number of nitrogens with zero attached hydrogens (tertiary/aromatic N) is 1. The second-order valence-electron chi connectivity index (χ2n) is 7.27. The zero-order chi connectivity index (χ0) is 17.0. The summed E-state index contributed by atoms with van der Waals surface area (Å²) in [4.78, 5) is 14.5. The van der Waals surface area contributed by atoms with Crippen LogP contribution in [0.1, 0.15) is 55.8 Å². The maximum atomic E-state index is 12.8. The third-order valence-electron chi connectivity index (χ3n) is 5.33. The van der Waals surface area contributed by atoms with E-state index < -0.39 is 10.0 Å². The fourth-order valence-corrected chi connectivity index (χ4v) is 5.26. The first-order chi connectivity index (χ1) is 10.7. The van der Waals surface area contributed by atoms with Gasteiger partial charge in [0.05, 0.1) is 0 Å². The van der Waals surface area contributed by atoms with Crippen LogP contribution >= 0.6 is 0 Å². The summed E-state index contributed by atoms with van der Waals surface area (Å²) in [6.07, 6.45) is 4.78. The largest absolute Gasteiger partial charge is 0.455 e. The highest BCUT2D eigenvalue weighted by Crippen LogP contribution is 2.53.